The molecule has 3 atom stereocenters. The molecule has 1 aliphatic rings. The van der Waals surface area contributed by atoms with E-state index >= 15 is 0 Å². The van der Waals surface area contributed by atoms with Gasteiger partial charge in [-0.1, -0.05) is 42.0 Å². The maximum Gasteiger partial charge on any atom is 1.00 e. The second-order valence-electron chi connectivity index (χ2n) is 7.82. The minimum absolute atomic E-state index is 0. The number of para-hydroxylation sites is 1. The predicted molar refractivity (Wildman–Crippen MR) is 120 cm³/mol. The Bertz CT molecular complexity index is 1240. The van der Waals surface area contributed by atoms with E-state index in [1.54, 1.807) is 42.5 Å². The third kappa shape index (κ3) is 6.10. The normalized spacial score (nSPS) is 20.3. The number of rotatable bonds is 7. The number of aromatic hydroxyl groups is 1. The molecule has 1 N–H and O–H groups in total. The van der Waals surface area contributed by atoms with Gasteiger partial charge in [0.05, 0.1) is 23.7 Å². The summed E-state index contributed by atoms with van der Waals surface area (Å²) in [4.78, 5) is 23.7. The smallest absolute Gasteiger partial charge is 0.550 e. The molecule has 7 nitrogen and oxygen atoms in total. The molecule has 0 amide bonds. The number of hydrogen-bond donors (Lipinski definition) is 1. The molecule has 4 rings (SSSR count). The molecule has 1 aromatic heterocycles. The summed E-state index contributed by atoms with van der Waals surface area (Å²) in [6.07, 6.45) is 4.23. The van der Waals surface area contributed by atoms with Crippen molar-refractivity contribution < 1.29 is 58.5 Å². The predicted octanol–water partition coefficient (Wildman–Crippen LogP) is 1.04. The molecule has 0 unspecified atom stereocenters. The van der Waals surface area contributed by atoms with Gasteiger partial charge < -0.3 is 28.9 Å². The zero-order valence-corrected chi connectivity index (χ0v) is 21.4. The van der Waals surface area contributed by atoms with Gasteiger partial charge in [0, 0.05) is 22.5 Å². The first kappa shape index (κ1) is 26.5. The van der Waals surface area contributed by atoms with Gasteiger partial charge in [-0.05, 0) is 43.5 Å². The molecule has 2 aromatic carbocycles. The van der Waals surface area contributed by atoms with Crippen molar-refractivity contribution in [1.29, 1.82) is 0 Å². The fourth-order valence-electron chi connectivity index (χ4n) is 3.86. The van der Waals surface area contributed by atoms with Crippen LogP contribution in [0.15, 0.2) is 70.1 Å². The van der Waals surface area contributed by atoms with Crippen LogP contribution >= 0.6 is 11.6 Å². The number of allylic oxidation sites excluding steroid dienone is 2. The van der Waals surface area contributed by atoms with Crippen LogP contribution in [0.1, 0.15) is 42.8 Å². The summed E-state index contributed by atoms with van der Waals surface area (Å²) >= 11 is 6.04. The summed E-state index contributed by atoms with van der Waals surface area (Å²) in [5, 5.41) is 21.7. The standard InChI is InChI=1S/C25H23ClO7.Na/c26-16-10-11-21-18(12-16)23(30)19(14-31-21)25-32-13-15(6-2-1-3-9-22(28)29)24(33-25)17-7-4-5-8-20(17)27;/h1-2,4-5,7-8,10-12,14-15,24-25,27H,3,6,9,13H2,(H,28,29);/q;+1/p-1/b2-1-;/t15-,24+,25+;/m1./s1. The second kappa shape index (κ2) is 12.0. The molecule has 3 aromatic rings. The van der Waals surface area contributed by atoms with Crippen LogP contribution in [0.4, 0.5) is 0 Å². The molecule has 0 saturated carbocycles. The minimum Gasteiger partial charge on any atom is -0.550 e. The van der Waals surface area contributed by atoms with Gasteiger partial charge in [0.15, 0.2) is 6.29 Å². The fraction of sp³-hybridized carbons (Fsp3) is 0.280. The Morgan fingerprint density at radius 1 is 1.18 bits per heavy atom. The van der Waals surface area contributed by atoms with E-state index in [4.69, 9.17) is 25.5 Å². The Balaban J connectivity index is 0.00000324. The molecule has 1 fully saturated rings. The number of halogens is 1. The van der Waals surface area contributed by atoms with E-state index in [2.05, 4.69) is 0 Å². The van der Waals surface area contributed by atoms with Gasteiger partial charge in [0.1, 0.15) is 17.6 Å². The van der Waals surface area contributed by atoms with Gasteiger partial charge >= 0.3 is 29.6 Å². The van der Waals surface area contributed by atoms with Crippen molar-refractivity contribution in [1.82, 2.24) is 0 Å². The van der Waals surface area contributed by atoms with E-state index in [9.17, 15) is 19.8 Å². The number of carbonyl (C=O) groups excluding carboxylic acids is 1. The molecule has 0 bridgehead atoms. The van der Waals surface area contributed by atoms with E-state index in [1.807, 2.05) is 6.08 Å². The van der Waals surface area contributed by atoms with E-state index in [0.29, 0.717) is 34.4 Å². The molecule has 1 saturated heterocycles. The molecule has 0 radical (unpaired) electrons. The molecular formula is C25H22ClNaO7. The van der Waals surface area contributed by atoms with Gasteiger partial charge in [-0.2, -0.15) is 0 Å². The molecule has 2 heterocycles. The number of carboxylic acid groups (broad SMARTS) is 1. The van der Waals surface area contributed by atoms with Crippen LogP contribution in [-0.4, -0.2) is 17.7 Å². The monoisotopic (exact) mass is 492 g/mol. The Morgan fingerprint density at radius 2 is 1.97 bits per heavy atom. The van der Waals surface area contributed by atoms with Crippen molar-refractivity contribution in [2.24, 2.45) is 5.92 Å². The third-order valence-corrected chi connectivity index (χ3v) is 5.77. The molecule has 1 aliphatic heterocycles. The first-order chi connectivity index (χ1) is 15.9. The number of ether oxygens (including phenoxy) is 2. The number of aliphatic carboxylic acids is 1. The van der Waals surface area contributed by atoms with Crippen molar-refractivity contribution in [2.75, 3.05) is 6.61 Å². The van der Waals surface area contributed by atoms with Crippen LogP contribution in [0.3, 0.4) is 0 Å². The summed E-state index contributed by atoms with van der Waals surface area (Å²) in [5.74, 6) is -1.20. The number of phenols is 1. The third-order valence-electron chi connectivity index (χ3n) is 5.54. The molecule has 0 aliphatic carbocycles. The Hall–Kier alpha value is -2.13. The topological polar surface area (TPSA) is 109 Å². The molecule has 34 heavy (non-hydrogen) atoms. The summed E-state index contributed by atoms with van der Waals surface area (Å²) in [6.45, 7) is 0.252. The summed E-state index contributed by atoms with van der Waals surface area (Å²) in [7, 11) is 0. The molecule has 0 spiro atoms. The van der Waals surface area contributed by atoms with E-state index in [-0.39, 0.29) is 65.2 Å². The Labute approximate surface area is 223 Å². The van der Waals surface area contributed by atoms with Gasteiger partial charge in [-0.3, -0.25) is 4.79 Å². The summed E-state index contributed by atoms with van der Waals surface area (Å²) in [6, 6.07) is 11.6. The SMILES string of the molecule is O=C([O-])CC/C=C\C[C@@H]1CO[C@H](c2coc3ccc(Cl)cc3c2=O)O[C@@H]1c1ccccc1O.[Na+]. The van der Waals surface area contributed by atoms with Crippen molar-refractivity contribution in [2.45, 2.75) is 31.7 Å². The maximum absolute atomic E-state index is 13.1. The van der Waals surface area contributed by atoms with Crippen LogP contribution in [0.5, 0.6) is 5.75 Å². The van der Waals surface area contributed by atoms with E-state index in [0.717, 1.165) is 0 Å². The largest absolute Gasteiger partial charge is 1.00 e. The number of carbonyl (C=O) groups is 1. The summed E-state index contributed by atoms with van der Waals surface area (Å²) in [5.41, 5.74) is 0.876. The number of phenolic OH excluding ortho intramolecular Hbond substituents is 1. The Kier molecular flexibility index (Phi) is 9.36. The van der Waals surface area contributed by atoms with E-state index in [1.165, 1.54) is 12.3 Å². The quantitative estimate of drug-likeness (QED) is 0.387. The second-order valence-corrected chi connectivity index (χ2v) is 8.26. The Morgan fingerprint density at radius 3 is 2.74 bits per heavy atom. The fourth-order valence-corrected chi connectivity index (χ4v) is 4.04. The van der Waals surface area contributed by atoms with Gasteiger partial charge in [0.25, 0.3) is 0 Å². The maximum atomic E-state index is 13.1. The van der Waals surface area contributed by atoms with Gasteiger partial charge in [0.2, 0.25) is 5.43 Å². The van der Waals surface area contributed by atoms with Crippen LogP contribution in [-0.2, 0) is 14.3 Å². The van der Waals surface area contributed by atoms with Crippen molar-refractivity contribution in [3.63, 3.8) is 0 Å². The minimum atomic E-state index is -1.10. The van der Waals surface area contributed by atoms with Crippen molar-refractivity contribution in [3.8, 4) is 5.75 Å². The average molecular weight is 493 g/mol. The molecular weight excluding hydrogens is 471 g/mol. The van der Waals surface area contributed by atoms with Gasteiger partial charge in [-0.15, -0.1) is 0 Å². The number of fused-ring (bicyclic) bond motifs is 1. The van der Waals surface area contributed by atoms with Gasteiger partial charge in [-0.25, -0.2) is 0 Å². The number of hydrogen-bond acceptors (Lipinski definition) is 7. The number of benzene rings is 2. The van der Waals surface area contributed by atoms with Crippen LogP contribution in [0, 0.1) is 5.92 Å². The number of carboxylic acids is 1. The average Bonchev–Trinajstić information content (AvgIpc) is 2.80. The zero-order chi connectivity index (χ0) is 23.4. The van der Waals surface area contributed by atoms with Crippen LogP contribution in [0.2, 0.25) is 5.02 Å². The first-order valence-corrected chi connectivity index (χ1v) is 10.9. The molecule has 9 heteroatoms. The van der Waals surface area contributed by atoms with Crippen molar-refractivity contribution in [3.05, 3.63) is 87.3 Å². The molecule has 172 valence electrons. The van der Waals surface area contributed by atoms with Crippen molar-refractivity contribution >= 4 is 28.5 Å². The first-order valence-electron chi connectivity index (χ1n) is 10.5. The van der Waals surface area contributed by atoms with Crippen LogP contribution in [0.25, 0.3) is 11.0 Å². The van der Waals surface area contributed by atoms with E-state index < -0.39 is 18.4 Å². The summed E-state index contributed by atoms with van der Waals surface area (Å²) < 4.78 is 17.7. The van der Waals surface area contributed by atoms with Crippen LogP contribution < -0.4 is 40.1 Å². The zero-order valence-electron chi connectivity index (χ0n) is 18.6.